The monoisotopic (exact) mass is 766 g/mol. The zero-order valence-electron chi connectivity index (χ0n) is 27.8. The number of carbonyl (C=O) groups is 3. The summed E-state index contributed by atoms with van der Waals surface area (Å²) >= 11 is 0.546. The van der Waals surface area contributed by atoms with Gasteiger partial charge >= 0.3 is 12.4 Å². The summed E-state index contributed by atoms with van der Waals surface area (Å²) in [7, 11) is 1.29. The number of amides is 3. The van der Waals surface area contributed by atoms with E-state index in [0.717, 1.165) is 24.3 Å². The van der Waals surface area contributed by atoms with Crippen LogP contribution in [0.15, 0.2) is 59.8 Å². The molecule has 4 N–H and O–H groups in total. The van der Waals surface area contributed by atoms with Crippen LogP contribution in [0, 0.1) is 11.7 Å². The van der Waals surface area contributed by atoms with E-state index < -0.39 is 64.4 Å². The molecule has 4 aromatic rings. The molecule has 0 saturated heterocycles. The number of fused-ring (bicyclic) bond motifs is 2. The van der Waals surface area contributed by atoms with E-state index in [0.29, 0.717) is 47.6 Å². The number of benzene rings is 3. The highest BCUT2D eigenvalue weighted by molar-refractivity contribution is 7.21. The molecular weight excluding hydrogens is 737 g/mol. The van der Waals surface area contributed by atoms with Gasteiger partial charge < -0.3 is 30.6 Å². The Kier molecular flexibility index (Phi) is 9.65. The van der Waals surface area contributed by atoms with Crippen LogP contribution in [0.3, 0.4) is 0 Å². The number of carbonyl (C=O) groups excluding carboxylic acids is 3. The lowest BCUT2D eigenvalue weighted by Crippen LogP contribution is -2.46. The normalized spacial score (nSPS) is 18.6. The summed E-state index contributed by atoms with van der Waals surface area (Å²) in [6.07, 6.45) is -9.43. The average molecular weight is 767 g/mol. The molecule has 0 radical (unpaired) electrons. The second-order valence-electron chi connectivity index (χ2n) is 13.0. The van der Waals surface area contributed by atoms with Gasteiger partial charge in [-0.05, 0) is 68.8 Å². The minimum absolute atomic E-state index is 0.0215. The number of methoxy groups -OCH3 is 1. The van der Waals surface area contributed by atoms with Crippen LogP contribution in [-0.4, -0.2) is 53.4 Å². The molecule has 3 unspecified atom stereocenters. The minimum Gasteiger partial charge on any atom is -0.496 e. The highest BCUT2D eigenvalue weighted by Crippen LogP contribution is 2.42. The van der Waals surface area contributed by atoms with Gasteiger partial charge in [0.05, 0.1) is 35.2 Å². The van der Waals surface area contributed by atoms with E-state index in [4.69, 9.17) is 9.57 Å². The van der Waals surface area contributed by atoms with Crippen molar-refractivity contribution in [3.05, 3.63) is 87.5 Å². The maximum atomic E-state index is 13.9. The predicted molar refractivity (Wildman–Crippen MR) is 179 cm³/mol. The molecule has 6 rings (SSSR count). The molecule has 280 valence electrons. The Bertz CT molecular complexity index is 2160. The topological polar surface area (TPSA) is 138 Å². The summed E-state index contributed by atoms with van der Waals surface area (Å²) in [5.74, 6) is -4.33. The molecule has 1 aliphatic heterocycles. The smallest absolute Gasteiger partial charge is 0.419 e. The van der Waals surface area contributed by atoms with Crippen LogP contribution < -0.4 is 20.7 Å². The molecule has 53 heavy (non-hydrogen) atoms. The molecule has 1 fully saturated rings. The number of oxime groups is 1. The SMILES string of the molecule is COc1ccc(C2=NOC3CC(NC(=O)C(C)(C)O)CC23)cc1C(=O)Nc1c(C(=O)Nc2ccc(F)c(C(F)(F)F)c2)sc2cc(C(F)(F)F)ccc12. The second kappa shape index (κ2) is 13.6. The molecule has 1 aromatic heterocycles. The Morgan fingerprint density at radius 2 is 1.66 bits per heavy atom. The van der Waals surface area contributed by atoms with Crippen molar-refractivity contribution in [2.24, 2.45) is 11.1 Å². The number of ether oxygens (including phenoxy) is 1. The van der Waals surface area contributed by atoms with Gasteiger partial charge in [0.15, 0.2) is 0 Å². The van der Waals surface area contributed by atoms with Crippen molar-refractivity contribution in [3.63, 3.8) is 0 Å². The minimum atomic E-state index is -5.09. The fraction of sp³-hybridized carbons (Fsp3) is 0.314. The molecule has 10 nitrogen and oxygen atoms in total. The summed E-state index contributed by atoms with van der Waals surface area (Å²) in [6.45, 7) is 2.72. The largest absolute Gasteiger partial charge is 0.496 e. The van der Waals surface area contributed by atoms with E-state index >= 15 is 0 Å². The van der Waals surface area contributed by atoms with Crippen LogP contribution in [0.5, 0.6) is 5.75 Å². The quantitative estimate of drug-likeness (QED) is 0.138. The number of anilines is 2. The molecule has 1 saturated carbocycles. The first-order valence-electron chi connectivity index (χ1n) is 15.8. The summed E-state index contributed by atoms with van der Waals surface area (Å²) in [5.41, 5.74) is -4.18. The maximum absolute atomic E-state index is 13.9. The number of hydrogen-bond acceptors (Lipinski definition) is 8. The Labute approximate surface area is 299 Å². The molecule has 3 amide bonds. The molecule has 1 aliphatic carbocycles. The van der Waals surface area contributed by atoms with Crippen molar-refractivity contribution < 1.29 is 59.8 Å². The molecule has 0 bridgehead atoms. The van der Waals surface area contributed by atoms with Gasteiger partial charge in [-0.3, -0.25) is 14.4 Å². The Morgan fingerprint density at radius 3 is 2.32 bits per heavy atom. The van der Waals surface area contributed by atoms with E-state index in [2.05, 4.69) is 21.1 Å². The zero-order valence-corrected chi connectivity index (χ0v) is 28.6. The summed E-state index contributed by atoms with van der Waals surface area (Å²) in [4.78, 5) is 45.1. The molecule has 3 aromatic carbocycles. The molecule has 18 heteroatoms. The lowest BCUT2D eigenvalue weighted by atomic mass is 9.93. The molecule has 2 heterocycles. The van der Waals surface area contributed by atoms with Crippen LogP contribution in [0.1, 0.15) is 63.4 Å². The standard InChI is InChI=1S/C35H29F7N4O6S/c1-33(2,50)32(49)44-18-12-20-25(14-18)52-46-27(20)15-4-9-24(51-3)21(10-15)30(47)45-28-19-7-5-16(34(37,38)39)11-26(19)53-29(28)31(48)43-17-6-8-23(36)22(13-17)35(40,41)42/h4-11,13,18,20,25,50H,12,14H2,1-3H3,(H,43,48)(H,44,49)(H,45,47). The number of nitrogens with zero attached hydrogens (tertiary/aromatic N) is 1. The third kappa shape index (κ3) is 7.64. The Hall–Kier alpha value is -5.23. The molecule has 2 aliphatic rings. The number of halogens is 7. The highest BCUT2D eigenvalue weighted by Gasteiger charge is 2.45. The summed E-state index contributed by atoms with van der Waals surface area (Å²) < 4.78 is 100. The summed E-state index contributed by atoms with van der Waals surface area (Å²) in [6, 6.07) is 8.51. The fourth-order valence-corrected chi connectivity index (χ4v) is 7.23. The average Bonchev–Trinajstić information content (AvgIpc) is 3.76. The van der Waals surface area contributed by atoms with Gasteiger partial charge in [-0.15, -0.1) is 11.3 Å². The second-order valence-corrected chi connectivity index (χ2v) is 14.0. The molecular formula is C35H29F7N4O6S. The number of thiophene rings is 1. The van der Waals surface area contributed by atoms with Gasteiger partial charge in [-0.25, -0.2) is 4.39 Å². The lowest BCUT2D eigenvalue weighted by Gasteiger charge is -2.20. The maximum Gasteiger partial charge on any atom is 0.419 e. The first kappa shape index (κ1) is 37.5. The predicted octanol–water partition coefficient (Wildman–Crippen LogP) is 7.36. The number of rotatable bonds is 8. The first-order valence-corrected chi connectivity index (χ1v) is 16.6. The Balaban J connectivity index is 1.32. The first-order chi connectivity index (χ1) is 24.7. The van der Waals surface area contributed by atoms with Crippen molar-refractivity contribution >= 4 is 56.2 Å². The van der Waals surface area contributed by atoms with Gasteiger partial charge in [0.2, 0.25) is 0 Å². The fourth-order valence-electron chi connectivity index (χ4n) is 6.13. The number of hydrogen-bond donors (Lipinski definition) is 4. The van der Waals surface area contributed by atoms with Gasteiger partial charge in [0, 0.05) is 39.7 Å². The van der Waals surface area contributed by atoms with E-state index in [1.54, 1.807) is 6.07 Å². The third-order valence-corrected chi connectivity index (χ3v) is 9.92. The number of nitrogens with one attached hydrogen (secondary N) is 3. The van der Waals surface area contributed by atoms with E-state index in [-0.39, 0.29) is 43.9 Å². The van der Waals surface area contributed by atoms with Gasteiger partial charge in [-0.1, -0.05) is 11.2 Å². The van der Waals surface area contributed by atoms with Crippen molar-refractivity contribution in [3.8, 4) is 5.75 Å². The van der Waals surface area contributed by atoms with Gasteiger partial charge in [0.1, 0.15) is 28.1 Å². The van der Waals surface area contributed by atoms with Crippen LogP contribution in [-0.2, 0) is 22.0 Å². The van der Waals surface area contributed by atoms with Crippen molar-refractivity contribution in [1.82, 2.24) is 5.32 Å². The van der Waals surface area contributed by atoms with Crippen LogP contribution >= 0.6 is 11.3 Å². The van der Waals surface area contributed by atoms with E-state index in [1.165, 1.54) is 33.1 Å². The summed E-state index contributed by atoms with van der Waals surface area (Å²) in [5, 5.41) is 21.8. The van der Waals surface area contributed by atoms with Gasteiger partial charge in [-0.2, -0.15) is 26.3 Å². The molecule has 0 spiro atoms. The number of alkyl halides is 6. The van der Waals surface area contributed by atoms with Crippen molar-refractivity contribution in [2.45, 2.75) is 56.8 Å². The van der Waals surface area contributed by atoms with E-state index in [1.807, 2.05) is 0 Å². The van der Waals surface area contributed by atoms with Crippen LogP contribution in [0.2, 0.25) is 0 Å². The van der Waals surface area contributed by atoms with Crippen LogP contribution in [0.4, 0.5) is 42.1 Å². The van der Waals surface area contributed by atoms with Crippen molar-refractivity contribution in [2.75, 3.05) is 17.7 Å². The zero-order chi connectivity index (χ0) is 38.6. The van der Waals surface area contributed by atoms with Crippen LogP contribution in [0.25, 0.3) is 10.1 Å². The number of aliphatic hydroxyl groups is 1. The highest BCUT2D eigenvalue weighted by atomic mass is 32.1. The Morgan fingerprint density at radius 1 is 0.925 bits per heavy atom. The van der Waals surface area contributed by atoms with Crippen molar-refractivity contribution in [1.29, 1.82) is 0 Å². The van der Waals surface area contributed by atoms with E-state index in [9.17, 15) is 50.2 Å². The third-order valence-electron chi connectivity index (χ3n) is 8.76. The molecule has 3 atom stereocenters. The van der Waals surface area contributed by atoms with Gasteiger partial charge in [0.25, 0.3) is 17.7 Å². The lowest BCUT2D eigenvalue weighted by molar-refractivity contribution is -0.140.